The maximum absolute atomic E-state index is 11.6. The van der Waals surface area contributed by atoms with Crippen LogP contribution in [0.1, 0.15) is 38.3 Å². The molecule has 122 valence electrons. The molecule has 1 N–H and O–H groups in total. The third-order valence-corrected chi connectivity index (χ3v) is 2.85. The minimum atomic E-state index is -0.424. The van der Waals surface area contributed by atoms with Crippen molar-refractivity contribution in [3.8, 4) is 0 Å². The van der Waals surface area contributed by atoms with Crippen LogP contribution in [-0.2, 0) is 27.4 Å². The third-order valence-electron chi connectivity index (χ3n) is 2.85. The zero-order valence-corrected chi connectivity index (χ0v) is 13.9. The van der Waals surface area contributed by atoms with Crippen LogP contribution in [-0.4, -0.2) is 24.7 Å². The quantitative estimate of drug-likeness (QED) is 0.432. The molecule has 0 aliphatic rings. The molecular weight excluding hydrogens is 278 g/mol. The smallest absolute Gasteiger partial charge is 0.307 e. The van der Waals surface area contributed by atoms with E-state index >= 15 is 0 Å². The summed E-state index contributed by atoms with van der Waals surface area (Å²) in [6, 6.07) is 8.11. The summed E-state index contributed by atoms with van der Waals surface area (Å²) in [5.74, 6) is -0.178. The van der Waals surface area contributed by atoms with Crippen LogP contribution in [0.15, 0.2) is 36.9 Å². The molecule has 4 nitrogen and oxygen atoms in total. The van der Waals surface area contributed by atoms with Crippen LogP contribution in [0.3, 0.4) is 0 Å². The van der Waals surface area contributed by atoms with Gasteiger partial charge in [-0.3, -0.25) is 4.79 Å². The van der Waals surface area contributed by atoms with E-state index in [9.17, 15) is 4.79 Å². The number of esters is 1. The molecule has 0 atom stereocenters. The summed E-state index contributed by atoms with van der Waals surface area (Å²) >= 11 is 0. The number of carbonyl (C=O) groups excluding carboxylic acids is 1. The molecule has 0 amide bonds. The first-order valence-electron chi connectivity index (χ1n) is 7.60. The van der Waals surface area contributed by atoms with Crippen LogP contribution in [0.2, 0.25) is 0 Å². The second-order valence-electron chi connectivity index (χ2n) is 6.09. The highest BCUT2D eigenvalue weighted by Gasteiger charge is 2.15. The van der Waals surface area contributed by atoms with E-state index in [-0.39, 0.29) is 5.97 Å². The number of carbonyl (C=O) groups is 1. The van der Waals surface area contributed by atoms with Crippen LogP contribution in [0.25, 0.3) is 0 Å². The molecule has 0 unspecified atom stereocenters. The summed E-state index contributed by atoms with van der Waals surface area (Å²) in [6.07, 6.45) is 2.11. The first-order chi connectivity index (χ1) is 10.4. The highest BCUT2D eigenvalue weighted by Crippen LogP contribution is 2.10. The zero-order chi connectivity index (χ0) is 16.4. The maximum atomic E-state index is 11.6. The predicted octanol–water partition coefficient (Wildman–Crippen LogP) is 3.21. The average Bonchev–Trinajstić information content (AvgIpc) is 2.43. The van der Waals surface area contributed by atoms with Crippen molar-refractivity contribution >= 4 is 5.97 Å². The molecule has 0 bridgehead atoms. The van der Waals surface area contributed by atoms with Gasteiger partial charge in [0.15, 0.2) is 0 Å². The lowest BCUT2D eigenvalue weighted by Gasteiger charge is -2.19. The van der Waals surface area contributed by atoms with Gasteiger partial charge >= 0.3 is 5.97 Å². The second-order valence-corrected chi connectivity index (χ2v) is 6.09. The van der Waals surface area contributed by atoms with Gasteiger partial charge in [0.05, 0.1) is 19.6 Å². The molecule has 0 fully saturated rings. The molecule has 4 heteroatoms. The molecule has 1 aromatic rings. The largest absolute Gasteiger partial charge is 0.460 e. The van der Waals surface area contributed by atoms with Gasteiger partial charge in [0.2, 0.25) is 0 Å². The lowest BCUT2D eigenvalue weighted by Crippen LogP contribution is -2.26. The van der Waals surface area contributed by atoms with E-state index in [1.54, 1.807) is 6.08 Å². The topological polar surface area (TPSA) is 47.6 Å². The van der Waals surface area contributed by atoms with Gasteiger partial charge in [-0.25, -0.2) is 0 Å². The van der Waals surface area contributed by atoms with Crippen LogP contribution >= 0.6 is 0 Å². The molecule has 0 saturated carbocycles. The first-order valence-corrected chi connectivity index (χ1v) is 7.60. The summed E-state index contributed by atoms with van der Waals surface area (Å²) < 4.78 is 10.8. The average molecular weight is 305 g/mol. The van der Waals surface area contributed by atoms with Crippen molar-refractivity contribution in [2.75, 3.05) is 13.2 Å². The van der Waals surface area contributed by atoms with E-state index in [1.807, 2.05) is 39.0 Å². The Bertz CT molecular complexity index is 477. The van der Waals surface area contributed by atoms with E-state index in [2.05, 4.69) is 18.0 Å². The van der Waals surface area contributed by atoms with E-state index in [0.29, 0.717) is 32.7 Å². The fraction of sp³-hybridized carbons (Fsp3) is 0.500. The fourth-order valence-corrected chi connectivity index (χ4v) is 1.93. The number of rotatable bonds is 9. The Kier molecular flexibility index (Phi) is 7.85. The number of ether oxygens (including phenoxy) is 2. The van der Waals surface area contributed by atoms with Gasteiger partial charge in [-0.05, 0) is 31.9 Å². The van der Waals surface area contributed by atoms with E-state index in [4.69, 9.17) is 9.47 Å². The fourth-order valence-electron chi connectivity index (χ4n) is 1.93. The van der Waals surface area contributed by atoms with Crippen molar-refractivity contribution < 1.29 is 14.3 Å². The van der Waals surface area contributed by atoms with E-state index in [1.165, 1.54) is 5.56 Å². The molecule has 1 aromatic carbocycles. The van der Waals surface area contributed by atoms with Gasteiger partial charge in [-0.15, -0.1) is 6.58 Å². The Morgan fingerprint density at radius 3 is 2.59 bits per heavy atom. The van der Waals surface area contributed by atoms with Crippen LogP contribution in [0.5, 0.6) is 0 Å². The maximum Gasteiger partial charge on any atom is 0.307 e. The number of hydrogen-bond donors (Lipinski definition) is 1. The number of hydrogen-bond acceptors (Lipinski definition) is 4. The Labute approximate surface area is 133 Å². The molecule has 0 radical (unpaired) electrons. The number of benzene rings is 1. The summed E-state index contributed by atoms with van der Waals surface area (Å²) in [4.78, 5) is 11.6. The molecule has 22 heavy (non-hydrogen) atoms. The summed E-state index contributed by atoms with van der Waals surface area (Å²) in [7, 11) is 0. The Morgan fingerprint density at radius 1 is 1.27 bits per heavy atom. The van der Waals surface area contributed by atoms with Gasteiger partial charge in [0.1, 0.15) is 5.60 Å². The predicted molar refractivity (Wildman–Crippen MR) is 88.5 cm³/mol. The van der Waals surface area contributed by atoms with Crippen LogP contribution in [0, 0.1) is 0 Å². The summed E-state index contributed by atoms with van der Waals surface area (Å²) in [6.45, 7) is 11.7. The summed E-state index contributed by atoms with van der Waals surface area (Å²) in [5, 5.41) is 3.27. The lowest BCUT2D eigenvalue weighted by molar-refractivity contribution is -0.154. The second kappa shape index (κ2) is 9.38. The standard InChI is InChI=1S/C18H27NO3/c1-5-12-21-14-16-9-7-6-8-15(16)13-19-11-10-17(20)22-18(2,3)4/h5-9,19H,1,10-14H2,2-4H3. The normalized spacial score (nSPS) is 11.2. The van der Waals surface area contributed by atoms with Gasteiger partial charge in [0, 0.05) is 13.1 Å². The van der Waals surface area contributed by atoms with Gasteiger partial charge in [-0.1, -0.05) is 30.3 Å². The van der Waals surface area contributed by atoms with Crippen LogP contribution in [0.4, 0.5) is 0 Å². The van der Waals surface area contributed by atoms with Gasteiger partial charge in [-0.2, -0.15) is 0 Å². The molecule has 0 aromatic heterocycles. The van der Waals surface area contributed by atoms with Gasteiger partial charge < -0.3 is 14.8 Å². The van der Waals surface area contributed by atoms with Crippen molar-refractivity contribution in [1.82, 2.24) is 5.32 Å². The molecular formula is C18H27NO3. The molecule has 0 heterocycles. The molecule has 0 spiro atoms. The third kappa shape index (κ3) is 7.96. The van der Waals surface area contributed by atoms with Crippen molar-refractivity contribution in [3.05, 3.63) is 48.0 Å². The van der Waals surface area contributed by atoms with Crippen molar-refractivity contribution in [2.45, 2.75) is 45.9 Å². The van der Waals surface area contributed by atoms with Crippen LogP contribution < -0.4 is 5.32 Å². The number of nitrogens with one attached hydrogen (secondary N) is 1. The molecule has 1 rings (SSSR count). The minimum absolute atomic E-state index is 0.178. The lowest BCUT2D eigenvalue weighted by atomic mass is 10.1. The molecule has 0 aliphatic carbocycles. The van der Waals surface area contributed by atoms with Crippen molar-refractivity contribution in [1.29, 1.82) is 0 Å². The van der Waals surface area contributed by atoms with Crippen molar-refractivity contribution in [3.63, 3.8) is 0 Å². The molecule has 0 aliphatic heterocycles. The van der Waals surface area contributed by atoms with Gasteiger partial charge in [0.25, 0.3) is 0 Å². The summed E-state index contributed by atoms with van der Waals surface area (Å²) in [5.41, 5.74) is 1.90. The van der Waals surface area contributed by atoms with E-state index in [0.717, 1.165) is 5.56 Å². The molecule has 0 saturated heterocycles. The minimum Gasteiger partial charge on any atom is -0.460 e. The Balaban J connectivity index is 2.35. The zero-order valence-electron chi connectivity index (χ0n) is 13.9. The Hall–Kier alpha value is -1.65. The SMILES string of the molecule is C=CCOCc1ccccc1CNCCC(=O)OC(C)(C)C. The highest BCUT2D eigenvalue weighted by molar-refractivity contribution is 5.70. The van der Waals surface area contributed by atoms with Crippen molar-refractivity contribution in [2.24, 2.45) is 0 Å². The van der Waals surface area contributed by atoms with E-state index < -0.39 is 5.60 Å². The Morgan fingerprint density at radius 2 is 1.95 bits per heavy atom. The first kappa shape index (κ1) is 18.4. The highest BCUT2D eigenvalue weighted by atomic mass is 16.6. The monoisotopic (exact) mass is 305 g/mol.